The van der Waals surface area contributed by atoms with Crippen LogP contribution >= 0.6 is 0 Å². The molecule has 1 rings (SSSR count). The Morgan fingerprint density at radius 1 is 1.75 bits per heavy atom. The van der Waals surface area contributed by atoms with Gasteiger partial charge in [-0.2, -0.15) is 5.26 Å². The molecule has 0 aliphatic rings. The maximum absolute atomic E-state index is 10.3. The minimum absolute atomic E-state index is 0.243. The smallest absolute Gasteiger partial charge is 0.404 e. The van der Waals surface area contributed by atoms with Gasteiger partial charge in [-0.05, 0) is 11.6 Å². The molecule has 86 valence electrons. The second-order valence-corrected chi connectivity index (χ2v) is 3.30. The van der Waals surface area contributed by atoms with E-state index in [1.54, 1.807) is 4.57 Å². The van der Waals surface area contributed by atoms with Crippen LogP contribution in [-0.2, 0) is 18.3 Å². The topological polar surface area (TPSA) is 93.1 Å². The van der Waals surface area contributed by atoms with Crippen molar-refractivity contribution in [1.29, 1.82) is 5.26 Å². The largest absolute Gasteiger partial charge is 0.448 e. The van der Waals surface area contributed by atoms with Gasteiger partial charge in [0.1, 0.15) is 18.4 Å². The number of nitrogens with two attached hydrogens (primary N) is 1. The molecule has 0 saturated heterocycles. The Bertz CT molecular complexity index is 405. The molecule has 0 bridgehead atoms. The first-order valence-corrected chi connectivity index (χ1v) is 4.81. The van der Waals surface area contributed by atoms with Gasteiger partial charge in [0.15, 0.2) is 0 Å². The van der Waals surface area contributed by atoms with E-state index in [2.05, 4.69) is 16.1 Å². The number of rotatable bonds is 5. The highest BCUT2D eigenvalue weighted by molar-refractivity contribution is 5.64. The summed E-state index contributed by atoms with van der Waals surface area (Å²) in [6.07, 6.45) is 1.11. The molecule has 1 aromatic heterocycles. The summed E-state index contributed by atoms with van der Waals surface area (Å²) in [7, 11) is 1.82. The lowest BCUT2D eigenvalue weighted by Crippen LogP contribution is -2.23. The average Bonchev–Trinajstić information content (AvgIpc) is 2.58. The van der Waals surface area contributed by atoms with E-state index in [1.807, 2.05) is 19.3 Å². The predicted molar refractivity (Wildman–Crippen MR) is 57.4 cm³/mol. The molecule has 0 aromatic carbocycles. The van der Waals surface area contributed by atoms with Gasteiger partial charge >= 0.3 is 6.09 Å². The molecule has 0 radical (unpaired) electrons. The van der Waals surface area contributed by atoms with Gasteiger partial charge in [0.25, 0.3) is 0 Å². The van der Waals surface area contributed by atoms with Crippen molar-refractivity contribution < 1.29 is 9.53 Å². The molecule has 1 heterocycles. The van der Waals surface area contributed by atoms with E-state index in [-0.39, 0.29) is 6.61 Å². The van der Waals surface area contributed by atoms with Gasteiger partial charge in [-0.25, -0.2) is 4.79 Å². The van der Waals surface area contributed by atoms with Crippen LogP contribution in [0.15, 0.2) is 12.3 Å². The maximum atomic E-state index is 10.3. The standard InChI is InChI=1S/C10H14N4O2/c1-14-7-8(4-9(14)5-11)6-13-2-3-16-10(12)15/h4,7,13H,2-3,6H2,1H3,(H2,12,15). The first kappa shape index (κ1) is 12.1. The van der Waals surface area contributed by atoms with Crippen LogP contribution in [0.4, 0.5) is 4.79 Å². The Morgan fingerprint density at radius 3 is 3.06 bits per heavy atom. The van der Waals surface area contributed by atoms with Crippen LogP contribution < -0.4 is 11.1 Å². The highest BCUT2D eigenvalue weighted by Gasteiger charge is 2.01. The Labute approximate surface area is 93.6 Å². The fourth-order valence-corrected chi connectivity index (χ4v) is 1.30. The molecule has 0 fully saturated rings. The van der Waals surface area contributed by atoms with Gasteiger partial charge in [0, 0.05) is 26.3 Å². The van der Waals surface area contributed by atoms with E-state index >= 15 is 0 Å². The Balaban J connectivity index is 2.27. The van der Waals surface area contributed by atoms with Gasteiger partial charge in [0.05, 0.1) is 0 Å². The van der Waals surface area contributed by atoms with E-state index < -0.39 is 6.09 Å². The minimum atomic E-state index is -0.770. The summed E-state index contributed by atoms with van der Waals surface area (Å²) in [5.74, 6) is 0. The summed E-state index contributed by atoms with van der Waals surface area (Å²) in [6.45, 7) is 1.39. The van der Waals surface area contributed by atoms with Crippen LogP contribution in [-0.4, -0.2) is 23.8 Å². The molecule has 0 spiro atoms. The summed E-state index contributed by atoms with van der Waals surface area (Å²) >= 11 is 0. The van der Waals surface area contributed by atoms with E-state index in [0.717, 1.165) is 5.56 Å². The Morgan fingerprint density at radius 2 is 2.50 bits per heavy atom. The number of carbonyl (C=O) groups excluding carboxylic acids is 1. The molecule has 0 aliphatic heterocycles. The number of amides is 1. The fraction of sp³-hybridized carbons (Fsp3) is 0.400. The van der Waals surface area contributed by atoms with E-state index in [9.17, 15) is 4.79 Å². The predicted octanol–water partition coefficient (Wildman–Crippen LogP) is 0.0817. The van der Waals surface area contributed by atoms with Crippen molar-refractivity contribution in [2.75, 3.05) is 13.2 Å². The van der Waals surface area contributed by atoms with Crippen LogP contribution in [0.25, 0.3) is 0 Å². The average molecular weight is 222 g/mol. The lowest BCUT2D eigenvalue weighted by Gasteiger charge is -2.02. The Hall–Kier alpha value is -2.00. The number of hydrogen-bond donors (Lipinski definition) is 2. The van der Waals surface area contributed by atoms with Gasteiger partial charge in [-0.1, -0.05) is 0 Å². The third-order valence-corrected chi connectivity index (χ3v) is 2.03. The highest BCUT2D eigenvalue weighted by atomic mass is 16.5. The summed E-state index contributed by atoms with van der Waals surface area (Å²) in [5, 5.41) is 11.8. The summed E-state index contributed by atoms with van der Waals surface area (Å²) in [6, 6.07) is 3.89. The molecule has 16 heavy (non-hydrogen) atoms. The van der Waals surface area contributed by atoms with Crippen molar-refractivity contribution in [2.45, 2.75) is 6.54 Å². The summed E-state index contributed by atoms with van der Waals surface area (Å²) in [4.78, 5) is 10.3. The number of aromatic nitrogens is 1. The summed E-state index contributed by atoms with van der Waals surface area (Å²) in [5.41, 5.74) is 6.43. The van der Waals surface area contributed by atoms with E-state index in [4.69, 9.17) is 11.0 Å². The van der Waals surface area contributed by atoms with Crippen LogP contribution in [0.3, 0.4) is 0 Å². The Kier molecular flexibility index (Phi) is 4.36. The van der Waals surface area contributed by atoms with Crippen molar-refractivity contribution in [3.63, 3.8) is 0 Å². The van der Waals surface area contributed by atoms with Crippen molar-refractivity contribution in [1.82, 2.24) is 9.88 Å². The third-order valence-electron chi connectivity index (χ3n) is 2.03. The number of primary amides is 1. The normalized spacial score (nSPS) is 9.75. The van der Waals surface area contributed by atoms with Crippen molar-refractivity contribution in [3.8, 4) is 6.07 Å². The second-order valence-electron chi connectivity index (χ2n) is 3.30. The molecule has 6 heteroatoms. The first-order valence-electron chi connectivity index (χ1n) is 4.81. The minimum Gasteiger partial charge on any atom is -0.448 e. The third kappa shape index (κ3) is 3.63. The number of carbonyl (C=O) groups is 1. The highest BCUT2D eigenvalue weighted by Crippen LogP contribution is 2.05. The van der Waals surface area contributed by atoms with Gasteiger partial charge in [0.2, 0.25) is 0 Å². The van der Waals surface area contributed by atoms with E-state index in [0.29, 0.717) is 18.8 Å². The lowest BCUT2D eigenvalue weighted by molar-refractivity contribution is 0.157. The molecule has 1 aromatic rings. The molecule has 6 nitrogen and oxygen atoms in total. The molecule has 0 unspecified atom stereocenters. The second kappa shape index (κ2) is 5.78. The molecule has 0 atom stereocenters. The first-order chi connectivity index (χ1) is 7.63. The number of hydrogen-bond acceptors (Lipinski definition) is 4. The molecule has 0 aliphatic carbocycles. The summed E-state index contributed by atoms with van der Waals surface area (Å²) < 4.78 is 6.31. The van der Waals surface area contributed by atoms with Crippen LogP contribution in [0, 0.1) is 11.3 Å². The SMILES string of the molecule is Cn1cc(CNCCOC(N)=O)cc1C#N. The van der Waals surface area contributed by atoms with Gasteiger partial charge in [-0.15, -0.1) is 0 Å². The number of nitriles is 1. The quantitative estimate of drug-likeness (QED) is 0.690. The number of ether oxygens (including phenoxy) is 1. The zero-order valence-electron chi connectivity index (χ0n) is 9.06. The molecular weight excluding hydrogens is 208 g/mol. The maximum Gasteiger partial charge on any atom is 0.404 e. The number of nitrogens with zero attached hydrogens (tertiary/aromatic N) is 2. The number of aryl methyl sites for hydroxylation is 1. The van der Waals surface area contributed by atoms with E-state index in [1.165, 1.54) is 0 Å². The van der Waals surface area contributed by atoms with Crippen LogP contribution in [0.2, 0.25) is 0 Å². The van der Waals surface area contributed by atoms with Gasteiger partial charge in [-0.3, -0.25) is 0 Å². The zero-order chi connectivity index (χ0) is 12.0. The van der Waals surface area contributed by atoms with Gasteiger partial charge < -0.3 is 20.4 Å². The molecule has 3 N–H and O–H groups in total. The number of nitrogens with one attached hydrogen (secondary N) is 1. The van der Waals surface area contributed by atoms with Crippen molar-refractivity contribution >= 4 is 6.09 Å². The van der Waals surface area contributed by atoms with Crippen molar-refractivity contribution in [2.24, 2.45) is 12.8 Å². The van der Waals surface area contributed by atoms with Crippen LogP contribution in [0.5, 0.6) is 0 Å². The fourth-order valence-electron chi connectivity index (χ4n) is 1.30. The molecule has 1 amide bonds. The molecular formula is C10H14N4O2. The van der Waals surface area contributed by atoms with Crippen molar-refractivity contribution in [3.05, 3.63) is 23.5 Å². The van der Waals surface area contributed by atoms with Crippen LogP contribution in [0.1, 0.15) is 11.3 Å². The zero-order valence-corrected chi connectivity index (χ0v) is 9.06. The lowest BCUT2D eigenvalue weighted by atomic mass is 10.3. The molecule has 0 saturated carbocycles. The monoisotopic (exact) mass is 222 g/mol.